The molecule has 0 saturated heterocycles. The number of esters is 1. The molecule has 100 valence electrons. The second-order valence-electron chi connectivity index (χ2n) is 4.61. The van der Waals surface area contributed by atoms with Crippen LogP contribution >= 0.6 is 0 Å². The summed E-state index contributed by atoms with van der Waals surface area (Å²) in [5, 5.41) is 11.4. The van der Waals surface area contributed by atoms with Crippen LogP contribution in [0.2, 0.25) is 0 Å². The van der Waals surface area contributed by atoms with Gasteiger partial charge in [0.2, 0.25) is 6.04 Å². The van der Waals surface area contributed by atoms with Gasteiger partial charge in [-0.05, 0) is 5.56 Å². The van der Waals surface area contributed by atoms with Gasteiger partial charge < -0.3 is 4.74 Å². The van der Waals surface area contributed by atoms with Crippen molar-refractivity contribution in [2.24, 2.45) is 11.8 Å². The fraction of sp³-hybridized carbons (Fsp3) is 0.357. The van der Waals surface area contributed by atoms with Gasteiger partial charge in [0, 0.05) is 10.5 Å². The summed E-state index contributed by atoms with van der Waals surface area (Å²) in [6.45, 7) is 1.66. The number of methoxy groups -OCH3 is 1. The SMILES string of the molecule is COC(=O)C(C)C1C=Cc2ccccc2C1[N+](=O)[O-]. The van der Waals surface area contributed by atoms with Crippen LogP contribution in [0.4, 0.5) is 0 Å². The zero-order valence-electron chi connectivity index (χ0n) is 10.8. The number of rotatable bonds is 3. The topological polar surface area (TPSA) is 69.4 Å². The molecule has 0 aromatic heterocycles. The third-order valence-electron chi connectivity index (χ3n) is 3.55. The fourth-order valence-electron chi connectivity index (χ4n) is 2.50. The molecule has 0 amide bonds. The van der Waals surface area contributed by atoms with E-state index >= 15 is 0 Å². The molecule has 0 aliphatic heterocycles. The lowest BCUT2D eigenvalue weighted by Crippen LogP contribution is -2.31. The number of nitrogens with zero attached hydrogens (tertiary/aromatic N) is 1. The maximum absolute atomic E-state index is 11.6. The molecule has 3 atom stereocenters. The summed E-state index contributed by atoms with van der Waals surface area (Å²) in [5.41, 5.74) is 1.48. The quantitative estimate of drug-likeness (QED) is 0.476. The molecule has 0 N–H and O–H groups in total. The molecule has 0 spiro atoms. The van der Waals surface area contributed by atoms with Gasteiger partial charge in [-0.15, -0.1) is 0 Å². The van der Waals surface area contributed by atoms with E-state index in [1.54, 1.807) is 25.1 Å². The second kappa shape index (κ2) is 5.22. The lowest BCUT2D eigenvalue weighted by atomic mass is 9.78. The van der Waals surface area contributed by atoms with Gasteiger partial charge in [-0.3, -0.25) is 14.9 Å². The van der Waals surface area contributed by atoms with E-state index in [-0.39, 0.29) is 4.92 Å². The average molecular weight is 261 g/mol. The average Bonchev–Trinajstić information content (AvgIpc) is 2.44. The Balaban J connectivity index is 2.42. The van der Waals surface area contributed by atoms with Crippen LogP contribution in [-0.2, 0) is 9.53 Å². The standard InChI is InChI=1S/C14H15NO4/c1-9(14(16)19-2)11-8-7-10-5-3-4-6-12(10)13(11)15(17)18/h3-9,11,13H,1-2H3. The zero-order chi connectivity index (χ0) is 14.0. The minimum Gasteiger partial charge on any atom is -0.469 e. The van der Waals surface area contributed by atoms with Gasteiger partial charge in [0.05, 0.1) is 18.9 Å². The lowest BCUT2D eigenvalue weighted by molar-refractivity contribution is -0.538. The summed E-state index contributed by atoms with van der Waals surface area (Å²) in [5.74, 6) is -1.47. The van der Waals surface area contributed by atoms with E-state index in [0.29, 0.717) is 5.56 Å². The summed E-state index contributed by atoms with van der Waals surface area (Å²) >= 11 is 0. The van der Waals surface area contributed by atoms with E-state index in [4.69, 9.17) is 0 Å². The Hall–Kier alpha value is -2.17. The van der Waals surface area contributed by atoms with Crippen LogP contribution in [-0.4, -0.2) is 18.0 Å². The molecule has 0 bridgehead atoms. The Morgan fingerprint density at radius 1 is 1.42 bits per heavy atom. The number of nitro groups is 1. The van der Waals surface area contributed by atoms with Crippen molar-refractivity contribution in [3.05, 3.63) is 51.6 Å². The first-order valence-electron chi connectivity index (χ1n) is 6.04. The molecule has 5 heteroatoms. The number of hydrogen-bond donors (Lipinski definition) is 0. The highest BCUT2D eigenvalue weighted by Crippen LogP contribution is 2.38. The van der Waals surface area contributed by atoms with Crippen molar-refractivity contribution in [1.29, 1.82) is 0 Å². The summed E-state index contributed by atoms with van der Waals surface area (Å²) in [6.07, 6.45) is 3.57. The minimum atomic E-state index is -0.907. The largest absolute Gasteiger partial charge is 0.469 e. The first kappa shape index (κ1) is 13.3. The van der Waals surface area contributed by atoms with Gasteiger partial charge in [-0.1, -0.05) is 43.3 Å². The Morgan fingerprint density at radius 3 is 2.74 bits per heavy atom. The monoisotopic (exact) mass is 261 g/mol. The van der Waals surface area contributed by atoms with Crippen molar-refractivity contribution in [1.82, 2.24) is 0 Å². The molecule has 0 radical (unpaired) electrons. The third-order valence-corrected chi connectivity index (χ3v) is 3.55. The van der Waals surface area contributed by atoms with Gasteiger partial charge in [-0.2, -0.15) is 0 Å². The predicted molar refractivity (Wildman–Crippen MR) is 69.9 cm³/mol. The molecular formula is C14H15NO4. The van der Waals surface area contributed by atoms with Crippen LogP contribution < -0.4 is 0 Å². The molecule has 19 heavy (non-hydrogen) atoms. The van der Waals surface area contributed by atoms with Crippen molar-refractivity contribution in [2.75, 3.05) is 7.11 Å². The van der Waals surface area contributed by atoms with E-state index in [9.17, 15) is 14.9 Å². The fourth-order valence-corrected chi connectivity index (χ4v) is 2.50. The molecule has 1 aliphatic carbocycles. The number of carbonyl (C=O) groups is 1. The van der Waals surface area contributed by atoms with Gasteiger partial charge in [0.15, 0.2) is 0 Å². The number of fused-ring (bicyclic) bond motifs is 1. The number of benzene rings is 1. The Labute approximate surface area is 111 Å². The van der Waals surface area contributed by atoms with Gasteiger partial charge >= 0.3 is 5.97 Å². The van der Waals surface area contributed by atoms with Crippen molar-refractivity contribution < 1.29 is 14.5 Å². The maximum atomic E-state index is 11.6. The highest BCUT2D eigenvalue weighted by molar-refractivity contribution is 5.73. The van der Waals surface area contributed by atoms with Crippen LogP contribution in [0.15, 0.2) is 30.3 Å². The lowest BCUT2D eigenvalue weighted by Gasteiger charge is -2.26. The van der Waals surface area contributed by atoms with Crippen molar-refractivity contribution >= 4 is 12.0 Å². The summed E-state index contributed by atoms with van der Waals surface area (Å²) < 4.78 is 4.69. The van der Waals surface area contributed by atoms with Crippen LogP contribution in [0, 0.1) is 22.0 Å². The summed E-state index contributed by atoms with van der Waals surface area (Å²) in [7, 11) is 1.29. The third kappa shape index (κ3) is 2.36. The first-order chi connectivity index (χ1) is 9.06. The molecule has 0 saturated carbocycles. The van der Waals surface area contributed by atoms with Crippen molar-refractivity contribution in [3.63, 3.8) is 0 Å². The van der Waals surface area contributed by atoms with Gasteiger partial charge in [-0.25, -0.2) is 0 Å². The van der Waals surface area contributed by atoms with Crippen molar-refractivity contribution in [2.45, 2.75) is 13.0 Å². The second-order valence-corrected chi connectivity index (χ2v) is 4.61. The summed E-state index contributed by atoms with van der Waals surface area (Å²) in [6, 6.07) is 6.28. The van der Waals surface area contributed by atoms with Crippen molar-refractivity contribution in [3.8, 4) is 0 Å². The number of hydrogen-bond acceptors (Lipinski definition) is 4. The first-order valence-corrected chi connectivity index (χ1v) is 6.04. The molecule has 0 heterocycles. The molecular weight excluding hydrogens is 246 g/mol. The van der Waals surface area contributed by atoms with E-state index in [2.05, 4.69) is 4.74 Å². The van der Waals surface area contributed by atoms with E-state index in [1.807, 2.05) is 18.2 Å². The van der Waals surface area contributed by atoms with Crippen LogP contribution in [0.1, 0.15) is 24.1 Å². The van der Waals surface area contributed by atoms with E-state index < -0.39 is 23.8 Å². The number of carbonyl (C=O) groups excluding carboxylic acids is 1. The smallest absolute Gasteiger partial charge is 0.309 e. The molecule has 0 fully saturated rings. The molecule has 3 unspecified atom stereocenters. The zero-order valence-corrected chi connectivity index (χ0v) is 10.8. The van der Waals surface area contributed by atoms with Gasteiger partial charge in [0.1, 0.15) is 0 Å². The number of ether oxygens (including phenoxy) is 1. The minimum absolute atomic E-state index is 0.327. The molecule has 1 aromatic carbocycles. The Bertz CT molecular complexity index is 538. The highest BCUT2D eigenvalue weighted by Gasteiger charge is 2.41. The highest BCUT2D eigenvalue weighted by atomic mass is 16.6. The molecule has 1 aromatic rings. The Morgan fingerprint density at radius 2 is 2.11 bits per heavy atom. The van der Waals surface area contributed by atoms with Gasteiger partial charge in [0.25, 0.3) is 0 Å². The molecule has 2 rings (SSSR count). The van der Waals surface area contributed by atoms with Crippen LogP contribution in [0.5, 0.6) is 0 Å². The maximum Gasteiger partial charge on any atom is 0.309 e. The Kier molecular flexibility index (Phi) is 3.64. The molecule has 5 nitrogen and oxygen atoms in total. The molecule has 1 aliphatic rings. The van der Waals surface area contributed by atoms with Crippen LogP contribution in [0.3, 0.4) is 0 Å². The normalized spacial score (nSPS) is 22.4. The van der Waals surface area contributed by atoms with E-state index in [1.165, 1.54) is 7.11 Å². The summed E-state index contributed by atoms with van der Waals surface area (Å²) in [4.78, 5) is 22.6. The van der Waals surface area contributed by atoms with Crippen LogP contribution in [0.25, 0.3) is 6.08 Å². The van der Waals surface area contributed by atoms with E-state index in [0.717, 1.165) is 5.56 Å². The predicted octanol–water partition coefficient (Wildman–Crippen LogP) is 2.46.